The van der Waals surface area contributed by atoms with Crippen LogP contribution in [-0.2, 0) is 6.18 Å². The summed E-state index contributed by atoms with van der Waals surface area (Å²) in [6.45, 7) is 0. The van der Waals surface area contributed by atoms with Crippen LogP contribution in [0.4, 0.5) is 13.2 Å². The van der Waals surface area contributed by atoms with Crippen molar-refractivity contribution < 1.29 is 27.8 Å². The number of alkyl halides is 3. The molecule has 0 atom stereocenters. The van der Waals surface area contributed by atoms with E-state index < -0.39 is 17.7 Å². The number of fused-ring (bicyclic) bond motifs is 1. The Bertz CT molecular complexity index is 905. The summed E-state index contributed by atoms with van der Waals surface area (Å²) in [4.78, 5) is 14.9. The van der Waals surface area contributed by atoms with Gasteiger partial charge in [0.15, 0.2) is 0 Å². The summed E-state index contributed by atoms with van der Waals surface area (Å²) >= 11 is 0. The molecule has 4 nitrogen and oxygen atoms in total. The summed E-state index contributed by atoms with van der Waals surface area (Å²) in [5, 5.41) is 9.51. The SMILES string of the molecule is O=C(O)c1ccc2c(Oc3ccc(C(F)(F)F)cc3)cccc2n1. The highest BCUT2D eigenvalue weighted by atomic mass is 19.4. The monoisotopic (exact) mass is 333 g/mol. The van der Waals surface area contributed by atoms with Gasteiger partial charge in [-0.2, -0.15) is 13.2 Å². The van der Waals surface area contributed by atoms with Crippen molar-refractivity contribution in [3.05, 3.63) is 65.9 Å². The lowest BCUT2D eigenvalue weighted by atomic mass is 10.1. The minimum absolute atomic E-state index is 0.103. The first-order valence-electron chi connectivity index (χ1n) is 6.83. The van der Waals surface area contributed by atoms with Gasteiger partial charge in [-0.1, -0.05) is 6.07 Å². The Morgan fingerprint density at radius 3 is 2.33 bits per heavy atom. The molecule has 122 valence electrons. The first kappa shape index (κ1) is 15.8. The largest absolute Gasteiger partial charge is 0.477 e. The summed E-state index contributed by atoms with van der Waals surface area (Å²) in [7, 11) is 0. The number of carboxylic acids is 1. The molecular weight excluding hydrogens is 323 g/mol. The summed E-state index contributed by atoms with van der Waals surface area (Å²) in [5.74, 6) is -0.541. The first-order chi connectivity index (χ1) is 11.3. The Morgan fingerprint density at radius 2 is 1.71 bits per heavy atom. The number of aromatic carboxylic acids is 1. The number of aromatic nitrogens is 1. The number of pyridine rings is 1. The normalized spacial score (nSPS) is 11.5. The van der Waals surface area contributed by atoms with Crippen molar-refractivity contribution in [2.75, 3.05) is 0 Å². The molecular formula is C17H10F3NO3. The highest BCUT2D eigenvalue weighted by Crippen LogP contribution is 2.33. The van der Waals surface area contributed by atoms with Crippen LogP contribution in [0.3, 0.4) is 0 Å². The smallest absolute Gasteiger partial charge is 0.416 e. The van der Waals surface area contributed by atoms with E-state index in [4.69, 9.17) is 9.84 Å². The van der Waals surface area contributed by atoms with Gasteiger partial charge in [0.2, 0.25) is 0 Å². The van der Waals surface area contributed by atoms with Gasteiger partial charge in [-0.05, 0) is 48.5 Å². The molecule has 1 heterocycles. The van der Waals surface area contributed by atoms with E-state index in [1.807, 2.05) is 0 Å². The lowest BCUT2D eigenvalue weighted by molar-refractivity contribution is -0.137. The van der Waals surface area contributed by atoms with Crippen LogP contribution in [0.2, 0.25) is 0 Å². The molecule has 0 saturated carbocycles. The zero-order valence-electron chi connectivity index (χ0n) is 12.0. The van der Waals surface area contributed by atoms with Crippen molar-refractivity contribution in [1.29, 1.82) is 0 Å². The summed E-state index contributed by atoms with van der Waals surface area (Å²) in [6, 6.07) is 12.1. The molecule has 3 aromatic rings. The fraction of sp³-hybridized carbons (Fsp3) is 0.0588. The van der Waals surface area contributed by atoms with Crippen LogP contribution in [0.25, 0.3) is 10.9 Å². The lowest BCUT2D eigenvalue weighted by Gasteiger charge is -2.10. The third-order valence-electron chi connectivity index (χ3n) is 3.32. The third kappa shape index (κ3) is 3.15. The number of hydrogen-bond acceptors (Lipinski definition) is 3. The van der Waals surface area contributed by atoms with E-state index in [9.17, 15) is 18.0 Å². The highest BCUT2D eigenvalue weighted by Gasteiger charge is 2.30. The van der Waals surface area contributed by atoms with Gasteiger partial charge in [-0.25, -0.2) is 9.78 Å². The van der Waals surface area contributed by atoms with Crippen LogP contribution in [0.1, 0.15) is 16.1 Å². The maximum Gasteiger partial charge on any atom is 0.416 e. The van der Waals surface area contributed by atoms with Gasteiger partial charge in [0, 0.05) is 5.39 Å². The highest BCUT2D eigenvalue weighted by molar-refractivity contribution is 5.92. The zero-order chi connectivity index (χ0) is 17.3. The molecule has 0 aliphatic carbocycles. The average molecular weight is 333 g/mol. The molecule has 0 radical (unpaired) electrons. The van der Waals surface area contributed by atoms with Gasteiger partial charge in [0.25, 0.3) is 0 Å². The quantitative estimate of drug-likeness (QED) is 0.752. The predicted octanol–water partition coefficient (Wildman–Crippen LogP) is 4.74. The Morgan fingerprint density at radius 1 is 1.00 bits per heavy atom. The number of benzene rings is 2. The van der Waals surface area contributed by atoms with E-state index in [0.717, 1.165) is 12.1 Å². The molecule has 0 saturated heterocycles. The van der Waals surface area contributed by atoms with Crippen molar-refractivity contribution in [1.82, 2.24) is 4.98 Å². The first-order valence-corrected chi connectivity index (χ1v) is 6.83. The van der Waals surface area contributed by atoms with Gasteiger partial charge >= 0.3 is 12.1 Å². The maximum absolute atomic E-state index is 12.6. The van der Waals surface area contributed by atoms with Crippen molar-refractivity contribution in [3.63, 3.8) is 0 Å². The summed E-state index contributed by atoms with van der Waals surface area (Å²) in [5.41, 5.74) is -0.450. The molecule has 0 aliphatic heterocycles. The van der Waals surface area contributed by atoms with Crippen LogP contribution < -0.4 is 4.74 Å². The summed E-state index contributed by atoms with van der Waals surface area (Å²) < 4.78 is 43.3. The molecule has 7 heteroatoms. The second-order valence-corrected chi connectivity index (χ2v) is 4.95. The fourth-order valence-electron chi connectivity index (χ4n) is 2.17. The minimum atomic E-state index is -4.41. The van der Waals surface area contributed by atoms with E-state index in [-0.39, 0.29) is 11.4 Å². The van der Waals surface area contributed by atoms with Crippen LogP contribution in [-0.4, -0.2) is 16.1 Å². The van der Waals surface area contributed by atoms with Gasteiger partial charge in [0.05, 0.1) is 11.1 Å². The number of ether oxygens (including phenoxy) is 1. The van der Waals surface area contributed by atoms with Crippen LogP contribution in [0, 0.1) is 0 Å². The average Bonchev–Trinajstić information content (AvgIpc) is 2.54. The standard InChI is InChI=1S/C17H10F3NO3/c18-17(19,20)10-4-6-11(7-5-10)24-15-3-1-2-13-12(15)8-9-14(21-13)16(22)23/h1-9H,(H,22,23). The molecule has 0 aliphatic rings. The Hall–Kier alpha value is -3.09. The molecule has 3 rings (SSSR count). The molecule has 0 amide bonds. The second-order valence-electron chi connectivity index (χ2n) is 4.95. The molecule has 0 bridgehead atoms. The number of rotatable bonds is 3. The van der Waals surface area contributed by atoms with Gasteiger partial charge in [-0.15, -0.1) is 0 Å². The van der Waals surface area contributed by atoms with E-state index in [1.54, 1.807) is 24.3 Å². The fourth-order valence-corrected chi connectivity index (χ4v) is 2.17. The lowest BCUT2D eigenvalue weighted by Crippen LogP contribution is -2.04. The van der Waals surface area contributed by atoms with Gasteiger partial charge < -0.3 is 9.84 Å². The number of carbonyl (C=O) groups is 1. The van der Waals surface area contributed by atoms with E-state index in [2.05, 4.69) is 4.98 Å². The number of nitrogens with zero attached hydrogens (tertiary/aromatic N) is 1. The summed E-state index contributed by atoms with van der Waals surface area (Å²) in [6.07, 6.45) is -4.41. The van der Waals surface area contributed by atoms with Crippen molar-refractivity contribution >= 4 is 16.9 Å². The number of hydrogen-bond donors (Lipinski definition) is 1. The third-order valence-corrected chi connectivity index (χ3v) is 3.32. The molecule has 0 spiro atoms. The van der Waals surface area contributed by atoms with E-state index in [0.29, 0.717) is 16.7 Å². The van der Waals surface area contributed by atoms with E-state index >= 15 is 0 Å². The molecule has 2 aromatic carbocycles. The number of halogens is 3. The Balaban J connectivity index is 1.94. The topological polar surface area (TPSA) is 59.4 Å². The molecule has 1 N–H and O–H groups in total. The van der Waals surface area contributed by atoms with Crippen molar-refractivity contribution in [2.45, 2.75) is 6.18 Å². The van der Waals surface area contributed by atoms with Gasteiger partial charge in [-0.3, -0.25) is 0 Å². The van der Waals surface area contributed by atoms with E-state index in [1.165, 1.54) is 18.2 Å². The van der Waals surface area contributed by atoms with Gasteiger partial charge in [0.1, 0.15) is 17.2 Å². The molecule has 24 heavy (non-hydrogen) atoms. The van der Waals surface area contributed by atoms with Crippen molar-refractivity contribution in [2.24, 2.45) is 0 Å². The van der Waals surface area contributed by atoms with Crippen molar-refractivity contribution in [3.8, 4) is 11.5 Å². The van der Waals surface area contributed by atoms with Crippen LogP contribution >= 0.6 is 0 Å². The Labute approximate surface area is 134 Å². The predicted molar refractivity (Wildman–Crippen MR) is 80.2 cm³/mol. The molecule has 0 unspecified atom stereocenters. The zero-order valence-corrected chi connectivity index (χ0v) is 12.0. The minimum Gasteiger partial charge on any atom is -0.477 e. The Kier molecular flexibility index (Phi) is 3.84. The number of carboxylic acid groups (broad SMARTS) is 1. The van der Waals surface area contributed by atoms with Crippen LogP contribution in [0.5, 0.6) is 11.5 Å². The second kappa shape index (κ2) is 5.84. The molecule has 0 fully saturated rings. The maximum atomic E-state index is 12.6. The van der Waals surface area contributed by atoms with Crippen LogP contribution in [0.15, 0.2) is 54.6 Å². The molecule has 1 aromatic heterocycles.